The van der Waals surface area contributed by atoms with Gasteiger partial charge >= 0.3 is 0 Å². The Morgan fingerprint density at radius 1 is 1.24 bits per heavy atom. The van der Waals surface area contributed by atoms with Crippen molar-refractivity contribution < 1.29 is 4.79 Å². The van der Waals surface area contributed by atoms with E-state index < -0.39 is 0 Å². The summed E-state index contributed by atoms with van der Waals surface area (Å²) in [5.74, 6) is 0.541. The van der Waals surface area contributed by atoms with Gasteiger partial charge in [0, 0.05) is 12.3 Å². The molecular formula is C16H17N3O2. The second kappa shape index (κ2) is 5.16. The quantitative estimate of drug-likeness (QED) is 0.886. The average molecular weight is 283 g/mol. The van der Waals surface area contributed by atoms with Crippen LogP contribution < -0.4 is 10.9 Å². The Morgan fingerprint density at radius 3 is 2.62 bits per heavy atom. The molecule has 0 bridgehead atoms. The van der Waals surface area contributed by atoms with Crippen LogP contribution in [0, 0.1) is 6.92 Å². The normalized spacial score (nSPS) is 17.2. The van der Waals surface area contributed by atoms with Gasteiger partial charge in [0.2, 0.25) is 5.91 Å². The van der Waals surface area contributed by atoms with Gasteiger partial charge in [-0.05, 0) is 24.5 Å². The Labute approximate surface area is 122 Å². The molecule has 1 amide bonds. The molecule has 3 rings (SSSR count). The molecule has 1 aromatic carbocycles. The van der Waals surface area contributed by atoms with E-state index >= 15 is 0 Å². The topological polar surface area (TPSA) is 74.8 Å². The first-order chi connectivity index (χ1) is 10.1. The van der Waals surface area contributed by atoms with Crippen molar-refractivity contribution in [3.05, 3.63) is 57.1 Å². The highest BCUT2D eigenvalue weighted by Crippen LogP contribution is 2.33. The van der Waals surface area contributed by atoms with Crippen LogP contribution in [0.3, 0.4) is 0 Å². The van der Waals surface area contributed by atoms with Crippen LogP contribution in [0.4, 0.5) is 5.82 Å². The first-order valence-corrected chi connectivity index (χ1v) is 7.08. The van der Waals surface area contributed by atoms with E-state index in [2.05, 4.69) is 22.2 Å². The second-order valence-corrected chi connectivity index (χ2v) is 5.31. The number of H-pyrrole nitrogens is 1. The number of rotatable bonds is 2. The fourth-order valence-corrected chi connectivity index (χ4v) is 2.75. The van der Waals surface area contributed by atoms with Gasteiger partial charge in [0.1, 0.15) is 11.6 Å². The number of amides is 1. The summed E-state index contributed by atoms with van der Waals surface area (Å²) >= 11 is 0. The predicted molar refractivity (Wildman–Crippen MR) is 80.5 cm³/mol. The Morgan fingerprint density at radius 2 is 1.95 bits per heavy atom. The van der Waals surface area contributed by atoms with Crippen molar-refractivity contribution in [2.45, 2.75) is 32.6 Å². The van der Waals surface area contributed by atoms with Gasteiger partial charge in [-0.2, -0.15) is 0 Å². The van der Waals surface area contributed by atoms with Gasteiger partial charge in [0.25, 0.3) is 5.56 Å². The summed E-state index contributed by atoms with van der Waals surface area (Å²) in [5, 5.41) is 2.69. The first kappa shape index (κ1) is 13.5. The smallest absolute Gasteiger partial charge is 0.256 e. The molecule has 1 aliphatic heterocycles. The number of fused-ring (bicyclic) bond motifs is 1. The van der Waals surface area contributed by atoms with Gasteiger partial charge in [-0.1, -0.05) is 31.2 Å². The summed E-state index contributed by atoms with van der Waals surface area (Å²) in [5.41, 5.74) is 2.57. The van der Waals surface area contributed by atoms with Crippen LogP contribution in [0.15, 0.2) is 29.1 Å². The molecule has 0 saturated heterocycles. The third-order valence-electron chi connectivity index (χ3n) is 3.86. The maximum atomic E-state index is 12.3. The zero-order valence-corrected chi connectivity index (χ0v) is 12.1. The maximum absolute atomic E-state index is 12.3. The molecule has 0 spiro atoms. The first-order valence-electron chi connectivity index (χ1n) is 7.08. The van der Waals surface area contributed by atoms with Crippen LogP contribution in [0.5, 0.6) is 0 Å². The Bertz CT molecular complexity index is 747. The molecule has 0 saturated carbocycles. The van der Waals surface area contributed by atoms with Crippen LogP contribution in [-0.2, 0) is 11.2 Å². The van der Waals surface area contributed by atoms with Gasteiger partial charge in [-0.15, -0.1) is 0 Å². The number of nitrogens with zero attached hydrogens (tertiary/aromatic N) is 1. The Hall–Kier alpha value is -2.43. The van der Waals surface area contributed by atoms with Crippen molar-refractivity contribution in [1.82, 2.24) is 9.97 Å². The molecule has 0 fully saturated rings. The summed E-state index contributed by atoms with van der Waals surface area (Å²) in [7, 11) is 0. The van der Waals surface area contributed by atoms with E-state index in [1.54, 1.807) is 6.92 Å². The number of nitrogens with one attached hydrogen (secondary N) is 2. The fraction of sp³-hybridized carbons (Fsp3) is 0.312. The molecule has 108 valence electrons. The molecule has 5 nitrogen and oxygen atoms in total. The number of carbonyl (C=O) groups is 1. The monoisotopic (exact) mass is 283 g/mol. The van der Waals surface area contributed by atoms with Crippen molar-refractivity contribution >= 4 is 11.7 Å². The summed E-state index contributed by atoms with van der Waals surface area (Å²) in [6.07, 6.45) is 1.23. The van der Waals surface area contributed by atoms with Crippen LogP contribution >= 0.6 is 0 Å². The van der Waals surface area contributed by atoms with Crippen molar-refractivity contribution in [1.29, 1.82) is 0 Å². The molecule has 0 radical (unpaired) electrons. The molecule has 1 aliphatic rings. The lowest BCUT2D eigenvalue weighted by atomic mass is 9.86. The van der Waals surface area contributed by atoms with E-state index in [9.17, 15) is 9.59 Å². The molecule has 2 N–H and O–H groups in total. The highest BCUT2D eigenvalue weighted by atomic mass is 16.2. The minimum Gasteiger partial charge on any atom is -0.310 e. The minimum atomic E-state index is -0.239. The number of hydrogen-bond donors (Lipinski definition) is 2. The van der Waals surface area contributed by atoms with Crippen molar-refractivity contribution in [3.63, 3.8) is 0 Å². The van der Waals surface area contributed by atoms with Gasteiger partial charge in [-0.25, -0.2) is 4.98 Å². The van der Waals surface area contributed by atoms with Crippen LogP contribution in [0.25, 0.3) is 0 Å². The third-order valence-corrected chi connectivity index (χ3v) is 3.86. The minimum absolute atomic E-state index is 0.107. The zero-order chi connectivity index (χ0) is 15.0. The summed E-state index contributed by atoms with van der Waals surface area (Å²) < 4.78 is 0. The lowest BCUT2D eigenvalue weighted by Crippen LogP contribution is -2.31. The number of benzene rings is 1. The van der Waals surface area contributed by atoms with E-state index in [1.165, 1.54) is 5.56 Å². The van der Waals surface area contributed by atoms with E-state index in [4.69, 9.17) is 0 Å². The number of aromatic nitrogens is 2. The van der Waals surface area contributed by atoms with Crippen LogP contribution in [-0.4, -0.2) is 15.9 Å². The van der Waals surface area contributed by atoms with Gasteiger partial charge < -0.3 is 10.3 Å². The number of anilines is 1. The molecule has 0 aliphatic carbocycles. The standard InChI is InChI=1S/C16H17N3O2/c1-3-10-4-6-11(7-5-10)12-8-13(20)19-15-14(12)16(21)18-9(2)17-15/h4-7,12H,3,8H2,1-2H3,(H2,17,18,19,20,21)/t12-/m1/s1. The summed E-state index contributed by atoms with van der Waals surface area (Å²) in [6.45, 7) is 3.79. The number of hydrogen-bond acceptors (Lipinski definition) is 3. The Balaban J connectivity index is 2.12. The highest BCUT2D eigenvalue weighted by Gasteiger charge is 2.30. The molecule has 1 atom stereocenters. The lowest BCUT2D eigenvalue weighted by molar-refractivity contribution is -0.116. The van der Waals surface area contributed by atoms with E-state index in [1.807, 2.05) is 24.3 Å². The third kappa shape index (κ3) is 2.46. The van der Waals surface area contributed by atoms with Crippen molar-refractivity contribution in [3.8, 4) is 0 Å². The number of carbonyl (C=O) groups excluding carboxylic acids is 1. The molecule has 1 aromatic heterocycles. The predicted octanol–water partition coefficient (Wildman–Crippen LogP) is 2.11. The van der Waals surface area contributed by atoms with E-state index in [0.717, 1.165) is 12.0 Å². The summed E-state index contributed by atoms with van der Waals surface area (Å²) in [6, 6.07) is 8.06. The fourth-order valence-electron chi connectivity index (χ4n) is 2.75. The van der Waals surface area contributed by atoms with E-state index in [-0.39, 0.29) is 23.8 Å². The van der Waals surface area contributed by atoms with E-state index in [0.29, 0.717) is 17.2 Å². The van der Waals surface area contributed by atoms with Crippen LogP contribution in [0.1, 0.15) is 41.8 Å². The van der Waals surface area contributed by atoms with Crippen molar-refractivity contribution in [2.75, 3.05) is 5.32 Å². The largest absolute Gasteiger partial charge is 0.310 e. The maximum Gasteiger partial charge on any atom is 0.256 e. The average Bonchev–Trinajstić information content (AvgIpc) is 2.45. The molecule has 0 unspecified atom stereocenters. The highest BCUT2D eigenvalue weighted by molar-refractivity contribution is 5.94. The van der Waals surface area contributed by atoms with Gasteiger partial charge in [0.15, 0.2) is 0 Å². The Kier molecular flexibility index (Phi) is 3.33. The van der Waals surface area contributed by atoms with Crippen molar-refractivity contribution in [2.24, 2.45) is 0 Å². The lowest BCUT2D eigenvalue weighted by Gasteiger charge is -2.24. The van der Waals surface area contributed by atoms with Gasteiger partial charge in [-0.3, -0.25) is 9.59 Å². The SMILES string of the molecule is CCc1ccc([C@H]2CC(=O)Nc3nc(C)[nH]c(=O)c32)cc1. The molecule has 2 heterocycles. The molecule has 5 heteroatoms. The molecular weight excluding hydrogens is 266 g/mol. The molecule has 2 aromatic rings. The van der Waals surface area contributed by atoms with Gasteiger partial charge in [0.05, 0.1) is 5.56 Å². The number of aryl methyl sites for hydroxylation is 2. The second-order valence-electron chi connectivity index (χ2n) is 5.31. The summed E-state index contributed by atoms with van der Waals surface area (Å²) in [4.78, 5) is 31.1. The zero-order valence-electron chi connectivity index (χ0n) is 12.1. The number of aromatic amines is 1. The van der Waals surface area contributed by atoms with Crippen LogP contribution in [0.2, 0.25) is 0 Å². The molecule has 21 heavy (non-hydrogen) atoms.